The molecule has 0 radical (unpaired) electrons. The van der Waals surface area contributed by atoms with Crippen molar-refractivity contribution >= 4 is 29.7 Å². The third kappa shape index (κ3) is 6.88. The summed E-state index contributed by atoms with van der Waals surface area (Å²) >= 11 is 0. The average Bonchev–Trinajstić information content (AvgIpc) is 2.93. The van der Waals surface area contributed by atoms with E-state index in [0.717, 1.165) is 48.4 Å². The molecular formula is C29H37N5O5. The summed E-state index contributed by atoms with van der Waals surface area (Å²) in [4.78, 5) is 38.8. The Morgan fingerprint density at radius 1 is 1.10 bits per heavy atom. The highest BCUT2D eigenvalue weighted by Crippen LogP contribution is 2.29. The molecule has 1 fully saturated rings. The number of nitrogens with zero attached hydrogens (tertiary/aromatic N) is 4. The Kier molecular flexibility index (Phi) is 8.46. The summed E-state index contributed by atoms with van der Waals surface area (Å²) in [5, 5.41) is 31.2. The Morgan fingerprint density at radius 3 is 2.36 bits per heavy atom. The first-order chi connectivity index (χ1) is 18.5. The monoisotopic (exact) mass is 535 g/mol. The second-order valence-electron chi connectivity index (χ2n) is 11.2. The van der Waals surface area contributed by atoms with Crippen LogP contribution < -0.4 is 10.2 Å². The Hall–Kier alpha value is -3.63. The van der Waals surface area contributed by atoms with E-state index in [4.69, 9.17) is 10.1 Å². The molecule has 1 aromatic carbocycles. The van der Waals surface area contributed by atoms with Crippen molar-refractivity contribution in [1.82, 2.24) is 10.3 Å². The maximum atomic E-state index is 12.4. The number of rotatable bonds is 9. The summed E-state index contributed by atoms with van der Waals surface area (Å²) in [6.45, 7) is 6.69. The van der Waals surface area contributed by atoms with Crippen LogP contribution in [0.5, 0.6) is 0 Å². The number of aromatic nitrogens is 1. The second kappa shape index (κ2) is 11.6. The Balaban J connectivity index is 1.33. The van der Waals surface area contributed by atoms with E-state index in [1.807, 2.05) is 26.1 Å². The zero-order chi connectivity index (χ0) is 28.2. The number of aliphatic carboxylic acids is 1. The van der Waals surface area contributed by atoms with E-state index < -0.39 is 30.1 Å². The number of pyridine rings is 1. The first-order valence-corrected chi connectivity index (χ1v) is 13.2. The molecule has 0 aliphatic carbocycles. The summed E-state index contributed by atoms with van der Waals surface area (Å²) < 4.78 is 0. The lowest BCUT2D eigenvalue weighted by Crippen LogP contribution is -2.52. The van der Waals surface area contributed by atoms with E-state index in [-0.39, 0.29) is 12.0 Å². The van der Waals surface area contributed by atoms with Crippen molar-refractivity contribution in [3.63, 3.8) is 0 Å². The van der Waals surface area contributed by atoms with E-state index >= 15 is 0 Å². The van der Waals surface area contributed by atoms with Crippen molar-refractivity contribution in [2.45, 2.75) is 57.1 Å². The molecule has 0 bridgehead atoms. The van der Waals surface area contributed by atoms with Crippen molar-refractivity contribution in [1.29, 1.82) is 0 Å². The number of benzene rings is 1. The molecule has 1 saturated heterocycles. The van der Waals surface area contributed by atoms with Gasteiger partial charge in [-0.05, 0) is 48.9 Å². The van der Waals surface area contributed by atoms with Crippen molar-refractivity contribution in [3.05, 3.63) is 48.2 Å². The number of carboxylic acids is 1. The fourth-order valence-electron chi connectivity index (χ4n) is 4.85. The molecule has 2 unspecified atom stereocenters. The molecule has 0 spiro atoms. The molecule has 1 aromatic heterocycles. The van der Waals surface area contributed by atoms with Crippen LogP contribution in [0, 0.1) is 5.92 Å². The molecule has 2 atom stereocenters. The zero-order valence-electron chi connectivity index (χ0n) is 22.7. The summed E-state index contributed by atoms with van der Waals surface area (Å²) in [7, 11) is 0. The first-order valence-electron chi connectivity index (χ1n) is 13.2. The number of amidine groups is 1. The maximum Gasteiger partial charge on any atom is 0.322 e. The largest absolute Gasteiger partial charge is 0.480 e. The van der Waals surface area contributed by atoms with Crippen LogP contribution in [0.15, 0.2) is 52.6 Å². The van der Waals surface area contributed by atoms with Crippen LogP contribution in [0.4, 0.5) is 5.82 Å². The van der Waals surface area contributed by atoms with E-state index in [9.17, 15) is 19.8 Å². The fourth-order valence-corrected chi connectivity index (χ4v) is 4.85. The molecule has 4 N–H and O–H groups in total. The number of aliphatic hydroxyl groups excluding tert-OH is 1. The third-order valence-electron chi connectivity index (χ3n) is 7.52. The average molecular weight is 536 g/mol. The zero-order valence-corrected chi connectivity index (χ0v) is 22.7. The van der Waals surface area contributed by atoms with E-state index in [1.165, 1.54) is 13.1 Å². The number of amides is 1. The van der Waals surface area contributed by atoms with Gasteiger partial charge in [-0.2, -0.15) is 0 Å². The van der Waals surface area contributed by atoms with Crippen molar-refractivity contribution in [2.24, 2.45) is 15.9 Å². The van der Waals surface area contributed by atoms with Gasteiger partial charge in [0.05, 0.1) is 6.61 Å². The summed E-state index contributed by atoms with van der Waals surface area (Å²) in [5.74, 6) is -0.0606. The number of aliphatic hydroxyl groups is 2. The molecule has 2 aliphatic heterocycles. The van der Waals surface area contributed by atoms with Gasteiger partial charge in [0.2, 0.25) is 5.91 Å². The molecule has 10 heteroatoms. The van der Waals surface area contributed by atoms with Crippen LogP contribution in [0.1, 0.15) is 45.6 Å². The minimum Gasteiger partial charge on any atom is -0.480 e. The quantitative estimate of drug-likeness (QED) is 0.385. The number of carbonyl (C=O) groups excluding carboxylic acids is 1. The molecule has 4 rings (SSSR count). The second-order valence-corrected chi connectivity index (χ2v) is 11.2. The van der Waals surface area contributed by atoms with Gasteiger partial charge < -0.3 is 25.5 Å². The van der Waals surface area contributed by atoms with E-state index in [0.29, 0.717) is 18.2 Å². The van der Waals surface area contributed by atoms with Crippen LogP contribution >= 0.6 is 0 Å². The van der Waals surface area contributed by atoms with Crippen molar-refractivity contribution in [3.8, 4) is 11.1 Å². The van der Waals surface area contributed by atoms with Gasteiger partial charge in [0.1, 0.15) is 23.8 Å². The number of anilines is 1. The normalized spacial score (nSPS) is 21.9. The number of hydrogen-bond donors (Lipinski definition) is 4. The topological polar surface area (TPSA) is 148 Å². The summed E-state index contributed by atoms with van der Waals surface area (Å²) in [6, 6.07) is 11.2. The molecular weight excluding hydrogens is 498 g/mol. The highest BCUT2D eigenvalue weighted by molar-refractivity contribution is 6.00. The number of carboxylic acid groups (broad SMARTS) is 1. The standard InChI is InChI=1S/C29H37N5O5/c1-28(2,18-35)22-7-4-20(5-8-22)21-6-9-24(30-15-21)34-12-10-19(11-13-34)14-23-32-17-29(3,39)26(33-23)27(38)31-16-25(36)37/h4-9,15,17,19,26,35,39H,10-14,16,18H2,1-3H3,(H,31,38)(H,36,37). The maximum absolute atomic E-state index is 12.4. The highest BCUT2D eigenvalue weighted by atomic mass is 16.4. The Labute approximate surface area is 228 Å². The van der Waals surface area contributed by atoms with Gasteiger partial charge in [-0.3, -0.25) is 14.6 Å². The lowest BCUT2D eigenvalue weighted by Gasteiger charge is -2.34. The van der Waals surface area contributed by atoms with Crippen molar-refractivity contribution in [2.75, 3.05) is 31.1 Å². The van der Waals surface area contributed by atoms with Crippen LogP contribution in [-0.4, -0.2) is 82.1 Å². The van der Waals surface area contributed by atoms with Crippen LogP contribution in [0.2, 0.25) is 0 Å². The van der Waals surface area contributed by atoms with E-state index in [1.54, 1.807) is 0 Å². The highest BCUT2D eigenvalue weighted by Gasteiger charge is 2.39. The molecule has 3 heterocycles. The third-order valence-corrected chi connectivity index (χ3v) is 7.52. The fraction of sp³-hybridized carbons (Fsp3) is 0.483. The molecule has 0 saturated carbocycles. The minimum atomic E-state index is -1.58. The molecule has 1 amide bonds. The predicted molar refractivity (Wildman–Crippen MR) is 150 cm³/mol. The predicted octanol–water partition coefficient (Wildman–Crippen LogP) is 2.43. The molecule has 2 aliphatic rings. The number of piperidine rings is 1. The van der Waals surface area contributed by atoms with Crippen LogP contribution in [0.3, 0.4) is 0 Å². The van der Waals surface area contributed by atoms with Gasteiger partial charge in [-0.1, -0.05) is 38.1 Å². The van der Waals surface area contributed by atoms with Crippen molar-refractivity contribution < 1.29 is 24.9 Å². The smallest absolute Gasteiger partial charge is 0.322 e. The number of hydrogen-bond acceptors (Lipinski definition) is 8. The van der Waals surface area contributed by atoms with Gasteiger partial charge in [0.15, 0.2) is 6.04 Å². The van der Waals surface area contributed by atoms with Gasteiger partial charge in [0, 0.05) is 42.9 Å². The van der Waals surface area contributed by atoms with Gasteiger partial charge in [0.25, 0.3) is 0 Å². The number of aliphatic imine (C=N–C) groups is 2. The molecule has 39 heavy (non-hydrogen) atoms. The van der Waals surface area contributed by atoms with E-state index in [2.05, 4.69) is 50.5 Å². The Bertz CT molecular complexity index is 1230. The summed E-state index contributed by atoms with van der Waals surface area (Å²) in [6.07, 6.45) is 5.61. The van der Waals surface area contributed by atoms with Gasteiger partial charge >= 0.3 is 5.97 Å². The number of carbonyl (C=O) groups is 2. The summed E-state index contributed by atoms with van der Waals surface area (Å²) in [5.41, 5.74) is 1.35. The lowest BCUT2D eigenvalue weighted by atomic mass is 9.85. The molecule has 208 valence electrons. The van der Waals surface area contributed by atoms with Gasteiger partial charge in [-0.15, -0.1) is 0 Å². The first kappa shape index (κ1) is 28.4. The van der Waals surface area contributed by atoms with Crippen LogP contribution in [0.25, 0.3) is 11.1 Å². The lowest BCUT2D eigenvalue weighted by molar-refractivity contribution is -0.138. The van der Waals surface area contributed by atoms with Crippen LogP contribution in [-0.2, 0) is 15.0 Å². The Morgan fingerprint density at radius 2 is 1.77 bits per heavy atom. The SMILES string of the molecule is CC(C)(CO)c1ccc(-c2ccc(N3CCC(CC4=NC(C(=O)NCC(=O)O)C(C)(O)C=N4)CC3)nc2)cc1. The molecule has 2 aromatic rings. The number of nitrogens with one attached hydrogen (secondary N) is 1. The molecule has 10 nitrogen and oxygen atoms in total. The minimum absolute atomic E-state index is 0.0922. The van der Waals surface area contributed by atoms with Gasteiger partial charge in [-0.25, -0.2) is 9.98 Å².